The Labute approximate surface area is 65.3 Å². The van der Waals surface area contributed by atoms with E-state index in [2.05, 4.69) is 11.1 Å². The summed E-state index contributed by atoms with van der Waals surface area (Å²) in [6, 6.07) is 2.73. The topological polar surface area (TPSA) is 41.6 Å². The maximum atomic E-state index is 8.75. The number of aryl methyl sites for hydroxylation is 1. The van der Waals surface area contributed by atoms with Crippen LogP contribution in [-0.2, 0) is 0 Å². The highest BCUT2D eigenvalue weighted by atomic mass is 15.1. The predicted octanol–water partition coefficient (Wildman–Crippen LogP) is 1.40. The average Bonchev–Trinajstić information content (AvgIpc) is 2.76. The number of hydrogen-bond donors (Lipinski definition) is 0. The van der Waals surface area contributed by atoms with Gasteiger partial charge in [-0.2, -0.15) is 5.26 Å². The van der Waals surface area contributed by atoms with Gasteiger partial charge in [0.25, 0.3) is 0 Å². The molecule has 1 aromatic rings. The van der Waals surface area contributed by atoms with Crippen LogP contribution in [0, 0.1) is 18.3 Å². The van der Waals surface area contributed by atoms with E-state index in [1.54, 1.807) is 6.33 Å². The molecule has 1 aromatic heterocycles. The van der Waals surface area contributed by atoms with Crippen LogP contribution < -0.4 is 0 Å². The van der Waals surface area contributed by atoms with Crippen LogP contribution in [0.2, 0.25) is 0 Å². The molecule has 1 fully saturated rings. The smallest absolute Gasteiger partial charge is 0.143 e. The quantitative estimate of drug-likeness (QED) is 0.602. The van der Waals surface area contributed by atoms with Gasteiger partial charge in [-0.3, -0.25) is 0 Å². The molecule has 3 heteroatoms. The predicted molar refractivity (Wildman–Crippen MR) is 40.0 cm³/mol. The highest BCUT2D eigenvalue weighted by Gasteiger charge is 2.26. The summed E-state index contributed by atoms with van der Waals surface area (Å²) < 4.78 is 1.98. The van der Waals surface area contributed by atoms with Gasteiger partial charge in [0.15, 0.2) is 0 Å². The third kappa shape index (κ3) is 0.911. The Bertz CT molecular complexity index is 315. The first-order valence-electron chi connectivity index (χ1n) is 3.76. The van der Waals surface area contributed by atoms with Gasteiger partial charge in [-0.15, -0.1) is 0 Å². The van der Waals surface area contributed by atoms with E-state index in [0.29, 0.717) is 6.04 Å². The van der Waals surface area contributed by atoms with Crippen LogP contribution in [-0.4, -0.2) is 9.55 Å². The molecule has 0 amide bonds. The zero-order chi connectivity index (χ0) is 7.84. The van der Waals surface area contributed by atoms with Crippen molar-refractivity contribution in [3.05, 3.63) is 17.7 Å². The van der Waals surface area contributed by atoms with E-state index >= 15 is 0 Å². The van der Waals surface area contributed by atoms with E-state index in [4.69, 9.17) is 5.26 Å². The molecule has 0 aromatic carbocycles. The normalized spacial score (nSPS) is 16.4. The van der Waals surface area contributed by atoms with Crippen molar-refractivity contribution in [2.24, 2.45) is 0 Å². The molecule has 1 saturated carbocycles. The number of nitriles is 1. The van der Waals surface area contributed by atoms with Crippen molar-refractivity contribution in [2.45, 2.75) is 25.8 Å². The second kappa shape index (κ2) is 2.09. The van der Waals surface area contributed by atoms with E-state index in [1.807, 2.05) is 11.5 Å². The van der Waals surface area contributed by atoms with E-state index in [0.717, 1.165) is 11.4 Å². The minimum atomic E-state index is 0.561. The maximum absolute atomic E-state index is 8.75. The van der Waals surface area contributed by atoms with Gasteiger partial charge < -0.3 is 4.57 Å². The van der Waals surface area contributed by atoms with Crippen LogP contribution in [0.25, 0.3) is 0 Å². The first-order chi connectivity index (χ1) is 5.33. The van der Waals surface area contributed by atoms with Gasteiger partial charge in [-0.1, -0.05) is 0 Å². The Hall–Kier alpha value is -1.30. The Morgan fingerprint density at radius 1 is 1.73 bits per heavy atom. The van der Waals surface area contributed by atoms with Crippen LogP contribution in [0.3, 0.4) is 0 Å². The summed E-state index contributed by atoms with van der Waals surface area (Å²) >= 11 is 0. The lowest BCUT2D eigenvalue weighted by Crippen LogP contribution is -1.95. The number of imidazole rings is 1. The fourth-order valence-electron chi connectivity index (χ4n) is 1.22. The zero-order valence-electron chi connectivity index (χ0n) is 6.41. The molecule has 0 bridgehead atoms. The molecule has 0 atom stereocenters. The molecule has 0 radical (unpaired) electrons. The summed E-state index contributed by atoms with van der Waals surface area (Å²) in [7, 11) is 0. The fourth-order valence-corrected chi connectivity index (χ4v) is 1.22. The third-order valence-corrected chi connectivity index (χ3v) is 2.02. The lowest BCUT2D eigenvalue weighted by Gasteiger charge is -1.97. The van der Waals surface area contributed by atoms with Crippen LogP contribution in [0.15, 0.2) is 6.33 Å². The van der Waals surface area contributed by atoms with Gasteiger partial charge in [0, 0.05) is 6.04 Å². The second-order valence-corrected chi connectivity index (χ2v) is 2.93. The molecule has 1 aliphatic rings. The van der Waals surface area contributed by atoms with Gasteiger partial charge in [-0.25, -0.2) is 4.98 Å². The molecule has 1 heterocycles. The first kappa shape index (κ1) is 6.41. The second-order valence-electron chi connectivity index (χ2n) is 2.93. The molecule has 1 aliphatic carbocycles. The zero-order valence-corrected chi connectivity index (χ0v) is 6.41. The Kier molecular flexibility index (Phi) is 1.22. The van der Waals surface area contributed by atoms with Crippen LogP contribution in [0.5, 0.6) is 0 Å². The van der Waals surface area contributed by atoms with E-state index in [9.17, 15) is 0 Å². The van der Waals surface area contributed by atoms with Crippen molar-refractivity contribution >= 4 is 0 Å². The molecule has 3 nitrogen and oxygen atoms in total. The van der Waals surface area contributed by atoms with Gasteiger partial charge in [-0.05, 0) is 19.8 Å². The molecule has 0 N–H and O–H groups in total. The van der Waals surface area contributed by atoms with Crippen molar-refractivity contribution in [3.8, 4) is 6.07 Å². The summed E-state index contributed by atoms with van der Waals surface area (Å²) in [5.74, 6) is 0. The highest BCUT2D eigenvalue weighted by molar-refractivity contribution is 5.27. The number of hydrogen-bond acceptors (Lipinski definition) is 2. The molecular weight excluding hydrogens is 138 g/mol. The summed E-state index contributed by atoms with van der Waals surface area (Å²) in [4.78, 5) is 4.09. The summed E-state index contributed by atoms with van der Waals surface area (Å²) in [5, 5.41) is 8.75. The number of aromatic nitrogens is 2. The van der Waals surface area contributed by atoms with Crippen LogP contribution >= 0.6 is 0 Å². The largest absolute Gasteiger partial charge is 0.319 e. The van der Waals surface area contributed by atoms with E-state index in [1.165, 1.54) is 12.8 Å². The summed E-state index contributed by atoms with van der Waals surface area (Å²) in [6.45, 7) is 1.87. The summed E-state index contributed by atoms with van der Waals surface area (Å²) in [5.41, 5.74) is 1.58. The molecular formula is C8H9N3. The van der Waals surface area contributed by atoms with E-state index in [-0.39, 0.29) is 0 Å². The van der Waals surface area contributed by atoms with Crippen molar-refractivity contribution in [1.29, 1.82) is 5.26 Å². The van der Waals surface area contributed by atoms with Crippen molar-refractivity contribution in [2.75, 3.05) is 0 Å². The Balaban J connectivity index is 2.47. The first-order valence-corrected chi connectivity index (χ1v) is 3.76. The van der Waals surface area contributed by atoms with Gasteiger partial charge in [0.05, 0.1) is 12.0 Å². The molecule has 56 valence electrons. The van der Waals surface area contributed by atoms with Gasteiger partial charge in [0.2, 0.25) is 0 Å². The standard InChI is InChI=1S/C8H9N3/c1-6-8(4-9)11(5-10-6)7-2-3-7/h5,7H,2-3H2,1H3. The molecule has 0 spiro atoms. The lowest BCUT2D eigenvalue weighted by molar-refractivity contribution is 0.730. The lowest BCUT2D eigenvalue weighted by atomic mass is 10.3. The minimum Gasteiger partial charge on any atom is -0.319 e. The fraction of sp³-hybridized carbons (Fsp3) is 0.500. The van der Waals surface area contributed by atoms with Crippen molar-refractivity contribution in [3.63, 3.8) is 0 Å². The van der Waals surface area contributed by atoms with Crippen LogP contribution in [0.1, 0.15) is 30.3 Å². The number of rotatable bonds is 1. The Morgan fingerprint density at radius 3 is 3.00 bits per heavy atom. The number of nitrogens with zero attached hydrogens (tertiary/aromatic N) is 3. The minimum absolute atomic E-state index is 0.561. The van der Waals surface area contributed by atoms with Crippen molar-refractivity contribution < 1.29 is 0 Å². The molecule has 0 unspecified atom stereocenters. The molecule has 2 rings (SSSR count). The Morgan fingerprint density at radius 2 is 2.45 bits per heavy atom. The maximum Gasteiger partial charge on any atom is 0.143 e. The van der Waals surface area contributed by atoms with Crippen LogP contribution in [0.4, 0.5) is 0 Å². The van der Waals surface area contributed by atoms with Gasteiger partial charge in [0.1, 0.15) is 11.8 Å². The molecule has 0 saturated heterocycles. The third-order valence-electron chi connectivity index (χ3n) is 2.02. The summed E-state index contributed by atoms with van der Waals surface area (Å²) in [6.07, 6.45) is 4.17. The molecule has 0 aliphatic heterocycles. The van der Waals surface area contributed by atoms with Crippen molar-refractivity contribution in [1.82, 2.24) is 9.55 Å². The monoisotopic (exact) mass is 147 g/mol. The van der Waals surface area contributed by atoms with E-state index < -0.39 is 0 Å². The molecule has 11 heavy (non-hydrogen) atoms. The van der Waals surface area contributed by atoms with Gasteiger partial charge >= 0.3 is 0 Å². The highest BCUT2D eigenvalue weighted by Crippen LogP contribution is 2.35. The average molecular weight is 147 g/mol. The SMILES string of the molecule is Cc1ncn(C2CC2)c1C#N.